The van der Waals surface area contributed by atoms with Crippen LogP contribution >= 0.6 is 0 Å². The zero-order valence-corrected chi connectivity index (χ0v) is 12.2. The Labute approximate surface area is 113 Å². The molecule has 7 heteroatoms. The molecule has 0 aliphatic heterocycles. The maximum atomic E-state index is 12.1. The molecule has 0 aliphatic carbocycles. The molecule has 0 aliphatic rings. The van der Waals surface area contributed by atoms with Crippen molar-refractivity contribution in [2.75, 3.05) is 7.11 Å². The normalized spacial score (nSPS) is 12.2. The Bertz CT molecular complexity index is 588. The third-order valence-corrected chi connectivity index (χ3v) is 3.94. The number of methoxy groups -OCH3 is 1. The van der Waals surface area contributed by atoms with Crippen molar-refractivity contribution < 1.29 is 17.9 Å². The van der Waals surface area contributed by atoms with E-state index in [2.05, 4.69) is 4.72 Å². The molecule has 1 aromatic rings. The Kier molecular flexibility index (Phi) is 4.21. The second-order valence-electron chi connectivity index (χ2n) is 5.08. The molecule has 106 valence electrons. The zero-order chi connectivity index (χ0) is 14.8. The van der Waals surface area contributed by atoms with Crippen LogP contribution in [0.5, 0.6) is 5.75 Å². The van der Waals surface area contributed by atoms with E-state index < -0.39 is 21.5 Å². The molecule has 6 nitrogen and oxygen atoms in total. The quantitative estimate of drug-likeness (QED) is 0.858. The van der Waals surface area contributed by atoms with Gasteiger partial charge in [0.2, 0.25) is 10.0 Å². The van der Waals surface area contributed by atoms with Crippen LogP contribution in [0.4, 0.5) is 0 Å². The highest BCUT2D eigenvalue weighted by molar-refractivity contribution is 7.89. The Morgan fingerprint density at radius 1 is 1.32 bits per heavy atom. The summed E-state index contributed by atoms with van der Waals surface area (Å²) >= 11 is 0. The monoisotopic (exact) mass is 286 g/mol. The van der Waals surface area contributed by atoms with E-state index in [1.165, 1.54) is 25.3 Å². The van der Waals surface area contributed by atoms with E-state index in [1.807, 2.05) is 0 Å². The number of carbonyl (C=O) groups excluding carboxylic acids is 1. The topological polar surface area (TPSA) is 98.5 Å². The molecule has 0 saturated heterocycles. The van der Waals surface area contributed by atoms with Crippen molar-refractivity contribution in [3.8, 4) is 5.75 Å². The first-order valence-electron chi connectivity index (χ1n) is 5.58. The molecule has 1 amide bonds. The molecule has 0 atom stereocenters. The molecule has 0 aromatic heterocycles. The summed E-state index contributed by atoms with van der Waals surface area (Å²) in [5.74, 6) is -0.508. The van der Waals surface area contributed by atoms with Gasteiger partial charge in [0.15, 0.2) is 0 Å². The number of rotatable bonds is 4. The number of hydrogen-bond acceptors (Lipinski definition) is 4. The number of hydrogen-bond donors (Lipinski definition) is 2. The van der Waals surface area contributed by atoms with Crippen molar-refractivity contribution >= 4 is 15.9 Å². The molecule has 19 heavy (non-hydrogen) atoms. The number of benzene rings is 1. The number of nitrogens with two attached hydrogens (primary N) is 1. The largest absolute Gasteiger partial charge is 0.496 e. The van der Waals surface area contributed by atoms with E-state index in [1.54, 1.807) is 20.8 Å². The van der Waals surface area contributed by atoms with E-state index in [0.29, 0.717) is 0 Å². The minimum atomic E-state index is -3.71. The van der Waals surface area contributed by atoms with Gasteiger partial charge in [0.25, 0.3) is 5.91 Å². The van der Waals surface area contributed by atoms with Crippen molar-refractivity contribution in [2.45, 2.75) is 31.2 Å². The maximum absolute atomic E-state index is 12.1. The fraction of sp³-hybridized carbons (Fsp3) is 0.417. The van der Waals surface area contributed by atoms with E-state index >= 15 is 0 Å². The van der Waals surface area contributed by atoms with Gasteiger partial charge in [-0.2, -0.15) is 0 Å². The first-order valence-corrected chi connectivity index (χ1v) is 7.07. The summed E-state index contributed by atoms with van der Waals surface area (Å²) in [6.45, 7) is 5.18. The average molecular weight is 286 g/mol. The number of amides is 1. The SMILES string of the molecule is COc1ccc(S(=O)(=O)NC(C)(C)C)cc1C(N)=O. The standard InChI is InChI=1S/C12H18N2O4S/c1-12(2,3)14-19(16,17)8-5-6-10(18-4)9(7-8)11(13)15/h5-7,14H,1-4H3,(H2,13,15). The lowest BCUT2D eigenvalue weighted by Gasteiger charge is -2.20. The molecular weight excluding hydrogens is 268 g/mol. The molecule has 0 radical (unpaired) electrons. The summed E-state index contributed by atoms with van der Waals surface area (Å²) in [7, 11) is -2.33. The van der Waals surface area contributed by atoms with Crippen molar-refractivity contribution in [1.82, 2.24) is 4.72 Å². The summed E-state index contributed by atoms with van der Waals surface area (Å²) < 4.78 is 31.7. The van der Waals surface area contributed by atoms with Crippen LogP contribution in [0.15, 0.2) is 23.1 Å². The molecule has 0 bridgehead atoms. The third-order valence-electron chi connectivity index (χ3n) is 2.19. The molecule has 1 aromatic carbocycles. The van der Waals surface area contributed by atoms with Crippen LogP contribution in [-0.4, -0.2) is 27.0 Å². The Balaban J connectivity index is 3.30. The predicted molar refractivity (Wildman–Crippen MR) is 71.6 cm³/mol. The van der Waals surface area contributed by atoms with Crippen LogP contribution in [0.1, 0.15) is 31.1 Å². The van der Waals surface area contributed by atoms with Crippen molar-refractivity contribution in [3.63, 3.8) is 0 Å². The first-order chi connectivity index (χ1) is 8.57. The van der Waals surface area contributed by atoms with Gasteiger partial charge in [0.1, 0.15) is 5.75 Å². The minimum Gasteiger partial charge on any atom is -0.496 e. The van der Waals surface area contributed by atoms with Gasteiger partial charge in [-0.15, -0.1) is 0 Å². The van der Waals surface area contributed by atoms with Crippen LogP contribution in [0.25, 0.3) is 0 Å². The van der Waals surface area contributed by atoms with Crippen LogP contribution in [0.3, 0.4) is 0 Å². The van der Waals surface area contributed by atoms with Crippen LogP contribution in [-0.2, 0) is 10.0 Å². The highest BCUT2D eigenvalue weighted by atomic mass is 32.2. The second-order valence-corrected chi connectivity index (χ2v) is 6.76. The minimum absolute atomic E-state index is 0.0271. The van der Waals surface area contributed by atoms with Gasteiger partial charge in [-0.05, 0) is 39.0 Å². The highest BCUT2D eigenvalue weighted by Gasteiger charge is 2.23. The van der Waals surface area contributed by atoms with Gasteiger partial charge >= 0.3 is 0 Å². The third kappa shape index (κ3) is 3.93. The molecule has 1 rings (SSSR count). The summed E-state index contributed by atoms with van der Waals surface area (Å²) in [4.78, 5) is 11.2. The van der Waals surface area contributed by atoms with Crippen LogP contribution in [0.2, 0.25) is 0 Å². The number of ether oxygens (including phenoxy) is 1. The summed E-state index contributed by atoms with van der Waals surface area (Å²) in [6, 6.07) is 3.96. The molecule has 0 heterocycles. The average Bonchev–Trinajstić information content (AvgIpc) is 2.24. The first kappa shape index (κ1) is 15.5. The summed E-state index contributed by atoms with van der Waals surface area (Å²) in [6.07, 6.45) is 0. The smallest absolute Gasteiger partial charge is 0.252 e. The van der Waals surface area contributed by atoms with E-state index in [0.717, 1.165) is 0 Å². The van der Waals surface area contributed by atoms with Gasteiger partial charge in [0, 0.05) is 5.54 Å². The molecule has 0 saturated carbocycles. The van der Waals surface area contributed by atoms with Crippen molar-refractivity contribution in [1.29, 1.82) is 0 Å². The Morgan fingerprint density at radius 2 is 1.89 bits per heavy atom. The zero-order valence-electron chi connectivity index (χ0n) is 11.4. The lowest BCUT2D eigenvalue weighted by molar-refractivity contribution is 0.0997. The highest BCUT2D eigenvalue weighted by Crippen LogP contribution is 2.22. The van der Waals surface area contributed by atoms with Gasteiger partial charge in [-0.25, -0.2) is 13.1 Å². The molecule has 0 unspecified atom stereocenters. The summed E-state index contributed by atoms with van der Waals surface area (Å²) in [5, 5.41) is 0. The number of primary amides is 1. The van der Waals surface area contributed by atoms with E-state index in [9.17, 15) is 13.2 Å². The van der Waals surface area contributed by atoms with Crippen molar-refractivity contribution in [2.24, 2.45) is 5.73 Å². The summed E-state index contributed by atoms with van der Waals surface area (Å²) in [5.41, 5.74) is 4.60. The molecule has 0 fully saturated rings. The number of nitrogens with one attached hydrogen (secondary N) is 1. The van der Waals surface area contributed by atoms with Crippen molar-refractivity contribution in [3.05, 3.63) is 23.8 Å². The van der Waals surface area contributed by atoms with Crippen LogP contribution < -0.4 is 15.2 Å². The lowest BCUT2D eigenvalue weighted by atomic mass is 10.1. The number of sulfonamides is 1. The maximum Gasteiger partial charge on any atom is 0.252 e. The van der Waals surface area contributed by atoms with Gasteiger partial charge < -0.3 is 10.5 Å². The number of carbonyl (C=O) groups is 1. The second kappa shape index (κ2) is 5.18. The van der Waals surface area contributed by atoms with Gasteiger partial charge in [-0.3, -0.25) is 4.79 Å². The Hall–Kier alpha value is -1.60. The van der Waals surface area contributed by atoms with Gasteiger partial charge in [0.05, 0.1) is 17.6 Å². The van der Waals surface area contributed by atoms with E-state index in [4.69, 9.17) is 10.5 Å². The molecule has 0 spiro atoms. The van der Waals surface area contributed by atoms with Gasteiger partial charge in [-0.1, -0.05) is 0 Å². The fourth-order valence-electron chi connectivity index (χ4n) is 1.51. The predicted octanol–water partition coefficient (Wildman–Crippen LogP) is 0.871. The van der Waals surface area contributed by atoms with Crippen LogP contribution in [0, 0.1) is 0 Å². The Morgan fingerprint density at radius 3 is 2.32 bits per heavy atom. The molecular formula is C12H18N2O4S. The molecule has 3 N–H and O–H groups in total. The van der Waals surface area contributed by atoms with E-state index in [-0.39, 0.29) is 16.2 Å². The fourth-order valence-corrected chi connectivity index (χ4v) is 2.95. The lowest BCUT2D eigenvalue weighted by Crippen LogP contribution is -2.40.